The molecule has 3 aliphatic rings. The molecule has 3 nitrogen and oxygen atoms in total. The Morgan fingerprint density at radius 2 is 2.25 bits per heavy atom. The van der Waals surface area contributed by atoms with Crippen molar-refractivity contribution in [3.05, 3.63) is 11.6 Å². The number of hydrogen-bond acceptors (Lipinski definition) is 2. The van der Waals surface area contributed by atoms with Gasteiger partial charge in [-0.25, -0.2) is 4.79 Å². The molecule has 0 amide bonds. The zero-order chi connectivity index (χ0) is 11.3. The summed E-state index contributed by atoms with van der Waals surface area (Å²) in [5.74, 6) is 0.247. The van der Waals surface area contributed by atoms with Crippen LogP contribution in [-0.4, -0.2) is 16.9 Å². The average Bonchev–Trinajstić information content (AvgIpc) is 2.84. The van der Waals surface area contributed by atoms with E-state index in [1.165, 1.54) is 0 Å². The van der Waals surface area contributed by atoms with Gasteiger partial charge in [-0.1, -0.05) is 6.08 Å². The van der Waals surface area contributed by atoms with Gasteiger partial charge in [0.2, 0.25) is 0 Å². The Balaban J connectivity index is 1.93. The Morgan fingerprint density at radius 1 is 1.44 bits per heavy atom. The normalized spacial score (nSPS) is 41.5. The second-order valence-corrected chi connectivity index (χ2v) is 5.48. The summed E-state index contributed by atoms with van der Waals surface area (Å²) < 4.78 is 0. The number of carboxylic acid groups (broad SMARTS) is 1. The van der Waals surface area contributed by atoms with Crippen molar-refractivity contribution in [2.75, 3.05) is 0 Å². The van der Waals surface area contributed by atoms with Crippen LogP contribution in [0.3, 0.4) is 0 Å². The number of carbonyl (C=O) groups is 2. The summed E-state index contributed by atoms with van der Waals surface area (Å²) in [6, 6.07) is 0. The van der Waals surface area contributed by atoms with Crippen molar-refractivity contribution in [2.45, 2.75) is 38.5 Å². The molecule has 1 spiro atoms. The summed E-state index contributed by atoms with van der Waals surface area (Å²) in [5, 5.41) is 9.06. The standard InChI is InChI=1S/C13H16O3/c14-11-8-3-4-10(6-8)13(11)5-1-2-9(7-13)12(15)16/h2,8,10H,1,3-7H2,(H,15,16)/t8-,10+,13?/m1/s1. The van der Waals surface area contributed by atoms with Crippen molar-refractivity contribution in [3.8, 4) is 0 Å². The number of carboxylic acids is 1. The van der Waals surface area contributed by atoms with E-state index in [0.717, 1.165) is 32.1 Å². The molecule has 2 fully saturated rings. The fourth-order valence-corrected chi connectivity index (χ4v) is 4.06. The molecule has 0 saturated heterocycles. The molecule has 0 radical (unpaired) electrons. The third-order valence-electron chi connectivity index (χ3n) is 4.84. The van der Waals surface area contributed by atoms with Crippen molar-refractivity contribution in [2.24, 2.45) is 17.3 Å². The van der Waals surface area contributed by atoms with Gasteiger partial charge in [-0.2, -0.15) is 0 Å². The number of fused-ring (bicyclic) bond motifs is 3. The Labute approximate surface area is 94.5 Å². The maximum absolute atomic E-state index is 12.3. The molecule has 0 heterocycles. The van der Waals surface area contributed by atoms with E-state index in [0.29, 0.717) is 23.7 Å². The zero-order valence-electron chi connectivity index (χ0n) is 9.24. The Hall–Kier alpha value is -1.12. The topological polar surface area (TPSA) is 54.4 Å². The maximum atomic E-state index is 12.3. The Bertz CT molecular complexity index is 396. The fourth-order valence-electron chi connectivity index (χ4n) is 4.06. The number of ketones is 1. The first-order valence-electron chi connectivity index (χ1n) is 6.10. The van der Waals surface area contributed by atoms with E-state index >= 15 is 0 Å². The smallest absolute Gasteiger partial charge is 0.331 e. The number of rotatable bonds is 1. The van der Waals surface area contributed by atoms with E-state index < -0.39 is 5.97 Å². The van der Waals surface area contributed by atoms with Crippen LogP contribution in [-0.2, 0) is 9.59 Å². The summed E-state index contributed by atoms with van der Waals surface area (Å²) in [6.07, 6.45) is 7.11. The molecule has 0 aliphatic heterocycles. The second kappa shape index (κ2) is 3.19. The van der Waals surface area contributed by atoms with Crippen LogP contribution in [0.2, 0.25) is 0 Å². The van der Waals surface area contributed by atoms with E-state index in [-0.39, 0.29) is 11.3 Å². The lowest BCUT2D eigenvalue weighted by Crippen LogP contribution is -2.39. The number of hydrogen-bond donors (Lipinski definition) is 1. The third-order valence-corrected chi connectivity index (χ3v) is 4.84. The van der Waals surface area contributed by atoms with Gasteiger partial charge < -0.3 is 5.11 Å². The molecular formula is C13H16O3. The first-order chi connectivity index (χ1) is 7.63. The molecule has 3 atom stereocenters. The average molecular weight is 220 g/mol. The van der Waals surface area contributed by atoms with Crippen LogP contribution >= 0.6 is 0 Å². The molecule has 2 saturated carbocycles. The molecule has 16 heavy (non-hydrogen) atoms. The molecule has 1 N–H and O–H groups in total. The predicted octanol–water partition coefficient (Wildman–Crippen LogP) is 2.17. The predicted molar refractivity (Wildman–Crippen MR) is 57.8 cm³/mol. The van der Waals surface area contributed by atoms with Crippen LogP contribution in [0.25, 0.3) is 0 Å². The van der Waals surface area contributed by atoms with Crippen LogP contribution < -0.4 is 0 Å². The summed E-state index contributed by atoms with van der Waals surface area (Å²) in [6.45, 7) is 0. The van der Waals surface area contributed by atoms with Gasteiger partial charge in [0.1, 0.15) is 5.78 Å². The largest absolute Gasteiger partial charge is 0.478 e. The fraction of sp³-hybridized carbons (Fsp3) is 0.692. The van der Waals surface area contributed by atoms with E-state index in [1.807, 2.05) is 0 Å². The van der Waals surface area contributed by atoms with Crippen LogP contribution in [0.15, 0.2) is 11.6 Å². The Morgan fingerprint density at radius 3 is 2.88 bits per heavy atom. The highest BCUT2D eigenvalue weighted by Gasteiger charge is 2.58. The van der Waals surface area contributed by atoms with Gasteiger partial charge in [0.25, 0.3) is 0 Å². The van der Waals surface area contributed by atoms with Gasteiger partial charge >= 0.3 is 5.97 Å². The summed E-state index contributed by atoms with van der Waals surface area (Å²) in [7, 11) is 0. The number of carbonyl (C=O) groups excluding carboxylic acids is 1. The van der Waals surface area contributed by atoms with Gasteiger partial charge in [-0.3, -0.25) is 4.79 Å². The minimum Gasteiger partial charge on any atom is -0.478 e. The molecule has 3 heteroatoms. The van der Waals surface area contributed by atoms with Gasteiger partial charge in [0.15, 0.2) is 0 Å². The maximum Gasteiger partial charge on any atom is 0.331 e. The summed E-state index contributed by atoms with van der Waals surface area (Å²) in [4.78, 5) is 23.3. The van der Waals surface area contributed by atoms with Crippen molar-refractivity contribution in [1.82, 2.24) is 0 Å². The summed E-state index contributed by atoms with van der Waals surface area (Å²) in [5.41, 5.74) is 0.179. The van der Waals surface area contributed by atoms with Crippen LogP contribution in [0, 0.1) is 17.3 Å². The van der Waals surface area contributed by atoms with Gasteiger partial charge in [-0.05, 0) is 44.4 Å². The van der Waals surface area contributed by atoms with Gasteiger partial charge in [-0.15, -0.1) is 0 Å². The zero-order valence-corrected chi connectivity index (χ0v) is 9.24. The molecule has 86 valence electrons. The van der Waals surface area contributed by atoms with Gasteiger partial charge in [0.05, 0.1) is 0 Å². The van der Waals surface area contributed by atoms with E-state index in [2.05, 4.69) is 0 Å². The molecule has 2 bridgehead atoms. The lowest BCUT2D eigenvalue weighted by Gasteiger charge is -2.38. The van der Waals surface area contributed by atoms with Crippen LogP contribution in [0.5, 0.6) is 0 Å². The van der Waals surface area contributed by atoms with E-state index in [1.54, 1.807) is 6.08 Å². The van der Waals surface area contributed by atoms with Gasteiger partial charge in [0, 0.05) is 16.9 Å². The summed E-state index contributed by atoms with van der Waals surface area (Å²) >= 11 is 0. The van der Waals surface area contributed by atoms with Crippen LogP contribution in [0.1, 0.15) is 38.5 Å². The molecule has 0 aromatic carbocycles. The minimum absolute atomic E-state index is 0.248. The highest BCUT2D eigenvalue weighted by molar-refractivity contribution is 5.94. The van der Waals surface area contributed by atoms with E-state index in [4.69, 9.17) is 5.11 Å². The molecule has 3 rings (SSSR count). The lowest BCUT2D eigenvalue weighted by atomic mass is 9.64. The van der Waals surface area contributed by atoms with Crippen molar-refractivity contribution in [1.29, 1.82) is 0 Å². The van der Waals surface area contributed by atoms with E-state index in [9.17, 15) is 9.59 Å². The van der Waals surface area contributed by atoms with Crippen molar-refractivity contribution in [3.63, 3.8) is 0 Å². The van der Waals surface area contributed by atoms with Crippen molar-refractivity contribution < 1.29 is 14.7 Å². The first-order valence-corrected chi connectivity index (χ1v) is 6.10. The van der Waals surface area contributed by atoms with Crippen LogP contribution in [0.4, 0.5) is 0 Å². The Kier molecular flexibility index (Phi) is 2.00. The molecule has 1 unspecified atom stereocenters. The lowest BCUT2D eigenvalue weighted by molar-refractivity contribution is -0.135. The monoisotopic (exact) mass is 220 g/mol. The highest BCUT2D eigenvalue weighted by atomic mass is 16.4. The molecular weight excluding hydrogens is 204 g/mol. The molecule has 3 aliphatic carbocycles. The highest BCUT2D eigenvalue weighted by Crippen LogP contribution is 2.59. The quantitative estimate of drug-likeness (QED) is 0.736. The number of Topliss-reactive ketones (excluding diaryl/α,β-unsaturated/α-hetero) is 1. The first kappa shape index (κ1) is 10.1. The third kappa shape index (κ3) is 1.14. The second-order valence-electron chi connectivity index (χ2n) is 5.48. The number of aliphatic carboxylic acids is 1. The molecule has 0 aromatic rings. The van der Waals surface area contributed by atoms with Crippen molar-refractivity contribution >= 4 is 11.8 Å². The molecule has 0 aromatic heterocycles. The minimum atomic E-state index is -0.838. The number of allylic oxidation sites excluding steroid dienone is 1. The SMILES string of the molecule is O=C(O)C1=CCCC2(C1)C(=O)[C@@H]1CC[C@H]2C1.